The van der Waals surface area contributed by atoms with Crippen LogP contribution in [0.3, 0.4) is 0 Å². The van der Waals surface area contributed by atoms with Gasteiger partial charge in [0.05, 0.1) is 19.1 Å². The number of nitrogens with one attached hydrogen (secondary N) is 1. The van der Waals surface area contributed by atoms with Crippen LogP contribution in [-0.2, 0) is 26.2 Å². The Morgan fingerprint density at radius 3 is 2.40 bits per heavy atom. The van der Waals surface area contributed by atoms with Crippen molar-refractivity contribution >= 4 is 39.1 Å². The summed E-state index contributed by atoms with van der Waals surface area (Å²) in [6, 6.07) is 11.1. The molecule has 1 atom stereocenters. The summed E-state index contributed by atoms with van der Waals surface area (Å²) < 4.78 is 31.8. The van der Waals surface area contributed by atoms with Crippen molar-refractivity contribution in [1.29, 1.82) is 0 Å². The molecule has 0 aliphatic heterocycles. The second kappa shape index (κ2) is 12.3. The van der Waals surface area contributed by atoms with Gasteiger partial charge in [-0.05, 0) is 62.6 Å². The van der Waals surface area contributed by atoms with Gasteiger partial charge in [-0.2, -0.15) is 0 Å². The van der Waals surface area contributed by atoms with Gasteiger partial charge in [0.25, 0.3) is 0 Å². The van der Waals surface area contributed by atoms with E-state index in [9.17, 15) is 18.0 Å². The number of amides is 2. The third-order valence-corrected chi connectivity index (χ3v) is 6.78. The van der Waals surface area contributed by atoms with E-state index in [0.717, 1.165) is 16.1 Å². The van der Waals surface area contributed by atoms with Crippen molar-refractivity contribution in [2.24, 2.45) is 0 Å². The van der Waals surface area contributed by atoms with Crippen molar-refractivity contribution in [2.45, 2.75) is 52.7 Å². The van der Waals surface area contributed by atoms with Gasteiger partial charge in [-0.1, -0.05) is 36.7 Å². The van der Waals surface area contributed by atoms with Gasteiger partial charge in [-0.3, -0.25) is 13.9 Å². The van der Waals surface area contributed by atoms with Crippen LogP contribution in [0.5, 0.6) is 5.75 Å². The Bertz CT molecular complexity index is 1150. The Morgan fingerprint density at radius 2 is 1.83 bits per heavy atom. The zero-order valence-electron chi connectivity index (χ0n) is 21.0. The van der Waals surface area contributed by atoms with Gasteiger partial charge >= 0.3 is 0 Å². The quantitative estimate of drug-likeness (QED) is 0.484. The molecule has 2 rings (SSSR count). The van der Waals surface area contributed by atoms with Crippen molar-refractivity contribution in [3.8, 4) is 5.75 Å². The van der Waals surface area contributed by atoms with Gasteiger partial charge in [0.2, 0.25) is 21.8 Å². The highest BCUT2D eigenvalue weighted by atomic mass is 35.5. The minimum Gasteiger partial charge on any atom is -0.497 e. The van der Waals surface area contributed by atoms with Crippen molar-refractivity contribution < 1.29 is 22.7 Å². The first kappa shape index (κ1) is 28.5. The maximum absolute atomic E-state index is 13.7. The van der Waals surface area contributed by atoms with E-state index in [-0.39, 0.29) is 18.5 Å². The lowest BCUT2D eigenvalue weighted by molar-refractivity contribution is -0.140. The Labute approximate surface area is 213 Å². The van der Waals surface area contributed by atoms with Gasteiger partial charge in [0, 0.05) is 17.6 Å². The highest BCUT2D eigenvalue weighted by Gasteiger charge is 2.32. The number of halogens is 1. The standard InChI is InChI=1S/C25H34ClN3O5S/c1-7-22(25(31)27-17(2)3)28(15-19-9-8-10-21(13-19)34-5)24(30)16-29(35(6,32)33)23-14-20(26)12-11-18(23)4/h8-14,17,22H,7,15-16H2,1-6H3,(H,27,31). The molecule has 0 heterocycles. The lowest BCUT2D eigenvalue weighted by atomic mass is 10.1. The molecule has 1 N–H and O–H groups in total. The number of anilines is 1. The molecule has 192 valence electrons. The number of sulfonamides is 1. The molecular weight excluding hydrogens is 490 g/mol. The summed E-state index contributed by atoms with van der Waals surface area (Å²) in [6.45, 7) is 6.86. The number of aryl methyl sites for hydroxylation is 1. The summed E-state index contributed by atoms with van der Waals surface area (Å²) in [7, 11) is -2.29. The van der Waals surface area contributed by atoms with Gasteiger partial charge in [0.1, 0.15) is 18.3 Å². The normalized spacial score (nSPS) is 12.2. The predicted octanol–water partition coefficient (Wildman–Crippen LogP) is 3.76. The minimum absolute atomic E-state index is 0.103. The van der Waals surface area contributed by atoms with Crippen molar-refractivity contribution in [2.75, 3.05) is 24.2 Å². The Morgan fingerprint density at radius 1 is 1.14 bits per heavy atom. The zero-order valence-corrected chi connectivity index (χ0v) is 22.6. The zero-order chi connectivity index (χ0) is 26.3. The van der Waals surface area contributed by atoms with Gasteiger partial charge in [-0.15, -0.1) is 0 Å². The first-order valence-electron chi connectivity index (χ1n) is 11.3. The molecule has 10 heteroatoms. The maximum Gasteiger partial charge on any atom is 0.244 e. The number of carbonyl (C=O) groups excluding carboxylic acids is 2. The van der Waals surface area contributed by atoms with E-state index in [0.29, 0.717) is 28.4 Å². The van der Waals surface area contributed by atoms with Crippen LogP contribution in [-0.4, -0.2) is 57.1 Å². The molecule has 0 saturated carbocycles. The summed E-state index contributed by atoms with van der Waals surface area (Å²) in [4.78, 5) is 28.1. The average molecular weight is 524 g/mol. The van der Waals surface area contributed by atoms with Crippen LogP contribution in [0.15, 0.2) is 42.5 Å². The first-order valence-corrected chi connectivity index (χ1v) is 13.6. The predicted molar refractivity (Wildman–Crippen MR) is 139 cm³/mol. The number of ether oxygens (including phenoxy) is 1. The van der Waals surface area contributed by atoms with Gasteiger partial charge in [0.15, 0.2) is 0 Å². The van der Waals surface area contributed by atoms with Crippen molar-refractivity contribution in [1.82, 2.24) is 10.2 Å². The summed E-state index contributed by atoms with van der Waals surface area (Å²) in [5.41, 5.74) is 1.71. The Hall–Kier alpha value is -2.78. The topological polar surface area (TPSA) is 96.0 Å². The van der Waals surface area contributed by atoms with Crippen LogP contribution in [0.2, 0.25) is 5.02 Å². The fraction of sp³-hybridized carbons (Fsp3) is 0.440. The van der Waals surface area contributed by atoms with Crippen molar-refractivity contribution in [3.05, 3.63) is 58.6 Å². The molecule has 0 radical (unpaired) electrons. The molecule has 0 aromatic heterocycles. The molecule has 2 amide bonds. The number of rotatable bonds is 11. The number of hydrogen-bond donors (Lipinski definition) is 1. The number of benzene rings is 2. The highest BCUT2D eigenvalue weighted by Crippen LogP contribution is 2.27. The molecule has 35 heavy (non-hydrogen) atoms. The van der Waals surface area contributed by atoms with Crippen LogP contribution in [0.4, 0.5) is 5.69 Å². The van der Waals surface area contributed by atoms with E-state index in [1.807, 2.05) is 26.8 Å². The third kappa shape index (κ3) is 7.86. The van der Waals surface area contributed by atoms with Crippen molar-refractivity contribution in [3.63, 3.8) is 0 Å². The SMILES string of the molecule is CCC(C(=O)NC(C)C)N(Cc1cccc(OC)c1)C(=O)CN(c1cc(Cl)ccc1C)S(C)(=O)=O. The summed E-state index contributed by atoms with van der Waals surface area (Å²) in [5, 5.41) is 3.21. The van der Waals surface area contributed by atoms with E-state index in [4.69, 9.17) is 16.3 Å². The molecule has 0 spiro atoms. The smallest absolute Gasteiger partial charge is 0.244 e. The first-order chi connectivity index (χ1) is 16.4. The molecule has 0 aliphatic carbocycles. The molecule has 0 saturated heterocycles. The van der Waals surface area contributed by atoms with Crippen LogP contribution in [0.25, 0.3) is 0 Å². The fourth-order valence-electron chi connectivity index (χ4n) is 3.71. The molecule has 2 aromatic carbocycles. The molecule has 0 fully saturated rings. The molecular formula is C25H34ClN3O5S. The number of hydrogen-bond acceptors (Lipinski definition) is 5. The minimum atomic E-state index is -3.83. The summed E-state index contributed by atoms with van der Waals surface area (Å²) in [5.74, 6) is -0.200. The Kier molecular flexibility index (Phi) is 9.97. The number of carbonyl (C=O) groups is 2. The lowest BCUT2D eigenvalue weighted by Crippen LogP contribution is -2.53. The maximum atomic E-state index is 13.7. The Balaban J connectivity index is 2.50. The van der Waals surface area contributed by atoms with E-state index >= 15 is 0 Å². The van der Waals surface area contributed by atoms with Crippen LogP contribution < -0.4 is 14.4 Å². The average Bonchev–Trinajstić information content (AvgIpc) is 2.77. The van der Waals surface area contributed by atoms with Gasteiger partial charge < -0.3 is 15.0 Å². The van der Waals surface area contributed by atoms with Crippen LogP contribution in [0, 0.1) is 6.92 Å². The van der Waals surface area contributed by atoms with Crippen LogP contribution in [0.1, 0.15) is 38.3 Å². The summed E-state index contributed by atoms with van der Waals surface area (Å²) in [6.07, 6.45) is 1.39. The third-order valence-electron chi connectivity index (χ3n) is 5.42. The van der Waals surface area contributed by atoms with E-state index in [1.54, 1.807) is 44.4 Å². The summed E-state index contributed by atoms with van der Waals surface area (Å²) >= 11 is 6.13. The van der Waals surface area contributed by atoms with Gasteiger partial charge in [-0.25, -0.2) is 8.42 Å². The molecule has 8 nitrogen and oxygen atoms in total. The lowest BCUT2D eigenvalue weighted by Gasteiger charge is -2.33. The fourth-order valence-corrected chi connectivity index (χ4v) is 4.78. The highest BCUT2D eigenvalue weighted by molar-refractivity contribution is 7.92. The molecule has 1 unspecified atom stereocenters. The van der Waals surface area contributed by atoms with E-state index in [1.165, 1.54) is 11.0 Å². The molecule has 0 aliphatic rings. The van der Waals surface area contributed by atoms with E-state index < -0.39 is 28.5 Å². The number of methoxy groups -OCH3 is 1. The number of nitrogens with zero attached hydrogens (tertiary/aromatic N) is 2. The monoisotopic (exact) mass is 523 g/mol. The second-order valence-corrected chi connectivity index (χ2v) is 11.0. The second-order valence-electron chi connectivity index (χ2n) is 8.66. The largest absolute Gasteiger partial charge is 0.497 e. The van der Waals surface area contributed by atoms with Crippen LogP contribution >= 0.6 is 11.6 Å². The molecule has 0 bridgehead atoms. The van der Waals surface area contributed by atoms with E-state index in [2.05, 4.69) is 5.32 Å². The molecule has 2 aromatic rings.